The van der Waals surface area contributed by atoms with Gasteiger partial charge < -0.3 is 9.84 Å². The van der Waals surface area contributed by atoms with Crippen molar-refractivity contribution in [2.75, 3.05) is 19.6 Å². The number of likely N-dealkylation sites (tertiary alicyclic amines) is 1. The van der Waals surface area contributed by atoms with Crippen LogP contribution in [0.1, 0.15) is 40.5 Å². The number of rotatable bonds is 6. The number of carbonyl (C=O) groups excluding carboxylic acids is 1. The van der Waals surface area contributed by atoms with Crippen molar-refractivity contribution in [2.24, 2.45) is 0 Å². The van der Waals surface area contributed by atoms with E-state index in [1.165, 1.54) is 5.56 Å². The van der Waals surface area contributed by atoms with Crippen LogP contribution in [0.15, 0.2) is 59.1 Å². The summed E-state index contributed by atoms with van der Waals surface area (Å²) in [5.41, 5.74) is 3.38. The SMILES string of the molecule is Cc1ccc(-c2cc(C(=O)NC[C@@H](c3ccccc3Cl)N3CCCC3)no2)cc1. The summed E-state index contributed by atoms with van der Waals surface area (Å²) in [5, 5.41) is 7.69. The lowest BCUT2D eigenvalue weighted by Crippen LogP contribution is -2.37. The number of aryl methyl sites for hydroxylation is 1. The average molecular weight is 410 g/mol. The molecule has 1 N–H and O–H groups in total. The predicted octanol–water partition coefficient (Wildman–Crippen LogP) is 4.87. The number of carbonyl (C=O) groups is 1. The van der Waals surface area contributed by atoms with Gasteiger partial charge in [-0.2, -0.15) is 0 Å². The number of aromatic nitrogens is 1. The van der Waals surface area contributed by atoms with E-state index in [-0.39, 0.29) is 17.6 Å². The van der Waals surface area contributed by atoms with Crippen molar-refractivity contribution in [3.63, 3.8) is 0 Å². The highest BCUT2D eigenvalue weighted by molar-refractivity contribution is 6.31. The molecular formula is C23H24ClN3O2. The van der Waals surface area contributed by atoms with E-state index >= 15 is 0 Å². The largest absolute Gasteiger partial charge is 0.355 e. The van der Waals surface area contributed by atoms with E-state index in [2.05, 4.69) is 15.4 Å². The molecule has 6 heteroatoms. The maximum Gasteiger partial charge on any atom is 0.273 e. The Morgan fingerprint density at radius 3 is 2.62 bits per heavy atom. The van der Waals surface area contributed by atoms with Crippen molar-refractivity contribution in [2.45, 2.75) is 25.8 Å². The zero-order valence-corrected chi connectivity index (χ0v) is 17.2. The Morgan fingerprint density at radius 1 is 1.17 bits per heavy atom. The fourth-order valence-corrected chi connectivity index (χ4v) is 4.01. The third-order valence-electron chi connectivity index (χ3n) is 5.38. The van der Waals surface area contributed by atoms with E-state index in [0.717, 1.165) is 42.1 Å². The van der Waals surface area contributed by atoms with Crippen molar-refractivity contribution in [1.29, 1.82) is 0 Å². The number of halogens is 1. The number of nitrogens with one attached hydrogen (secondary N) is 1. The minimum atomic E-state index is -0.247. The van der Waals surface area contributed by atoms with Crippen molar-refractivity contribution < 1.29 is 9.32 Å². The molecule has 0 aliphatic carbocycles. The molecule has 150 valence electrons. The number of amides is 1. The smallest absolute Gasteiger partial charge is 0.273 e. The van der Waals surface area contributed by atoms with Crippen LogP contribution in [-0.4, -0.2) is 35.6 Å². The first-order chi connectivity index (χ1) is 14.1. The van der Waals surface area contributed by atoms with Gasteiger partial charge in [0.1, 0.15) is 0 Å². The monoisotopic (exact) mass is 409 g/mol. The predicted molar refractivity (Wildman–Crippen MR) is 114 cm³/mol. The summed E-state index contributed by atoms with van der Waals surface area (Å²) < 4.78 is 5.38. The average Bonchev–Trinajstić information content (AvgIpc) is 3.42. The molecule has 0 bridgehead atoms. The van der Waals surface area contributed by atoms with Crippen molar-refractivity contribution >= 4 is 17.5 Å². The number of hydrogen-bond donors (Lipinski definition) is 1. The third-order valence-corrected chi connectivity index (χ3v) is 5.72. The van der Waals surface area contributed by atoms with Crippen LogP contribution in [-0.2, 0) is 0 Å². The first kappa shape index (κ1) is 19.7. The van der Waals surface area contributed by atoms with Crippen LogP contribution in [0.3, 0.4) is 0 Å². The Hall–Kier alpha value is -2.63. The Labute approximate surface area is 175 Å². The van der Waals surface area contributed by atoms with Gasteiger partial charge >= 0.3 is 0 Å². The summed E-state index contributed by atoms with van der Waals surface area (Å²) in [4.78, 5) is 15.1. The quantitative estimate of drug-likeness (QED) is 0.631. The highest BCUT2D eigenvalue weighted by Gasteiger charge is 2.26. The van der Waals surface area contributed by atoms with Gasteiger partial charge in [0.15, 0.2) is 11.5 Å². The molecule has 5 nitrogen and oxygen atoms in total. The first-order valence-electron chi connectivity index (χ1n) is 9.92. The lowest BCUT2D eigenvalue weighted by Gasteiger charge is -2.28. The van der Waals surface area contributed by atoms with Gasteiger partial charge in [-0.3, -0.25) is 9.69 Å². The van der Waals surface area contributed by atoms with Crippen molar-refractivity contribution in [1.82, 2.24) is 15.4 Å². The van der Waals surface area contributed by atoms with Crippen molar-refractivity contribution in [3.8, 4) is 11.3 Å². The number of hydrogen-bond acceptors (Lipinski definition) is 4. The van der Waals surface area contributed by atoms with Crippen LogP contribution in [0.25, 0.3) is 11.3 Å². The molecule has 0 spiro atoms. The van der Waals surface area contributed by atoms with Crippen molar-refractivity contribution in [3.05, 3.63) is 76.4 Å². The van der Waals surface area contributed by atoms with Gasteiger partial charge in [0, 0.05) is 23.2 Å². The number of benzene rings is 2. The molecule has 1 atom stereocenters. The Bertz CT molecular complexity index is 978. The topological polar surface area (TPSA) is 58.4 Å². The minimum Gasteiger partial charge on any atom is -0.355 e. The van der Waals surface area contributed by atoms with Gasteiger partial charge in [-0.1, -0.05) is 64.8 Å². The molecule has 2 heterocycles. The molecule has 3 aromatic rings. The van der Waals surface area contributed by atoms with Gasteiger partial charge in [0.05, 0.1) is 6.04 Å². The molecule has 0 saturated carbocycles. The van der Waals surface area contributed by atoms with Crippen LogP contribution in [0.5, 0.6) is 0 Å². The molecule has 0 radical (unpaired) electrons. The zero-order chi connectivity index (χ0) is 20.2. The molecular weight excluding hydrogens is 386 g/mol. The first-order valence-corrected chi connectivity index (χ1v) is 10.3. The standard InChI is InChI=1S/C23H24ClN3O2/c1-16-8-10-17(11-9-16)22-14-20(26-29-22)23(28)25-15-21(27-12-4-5-13-27)18-6-2-3-7-19(18)24/h2-3,6-11,14,21H,4-5,12-13,15H2,1H3,(H,25,28)/t21-/m0/s1. The molecule has 1 aliphatic rings. The van der Waals surface area contributed by atoms with Gasteiger partial charge in [-0.05, 0) is 44.5 Å². The molecule has 1 amide bonds. The van der Waals surface area contributed by atoms with E-state index in [1.807, 2.05) is 55.5 Å². The van der Waals surface area contributed by atoms with Crippen LogP contribution in [0.2, 0.25) is 5.02 Å². The maximum absolute atomic E-state index is 12.7. The highest BCUT2D eigenvalue weighted by atomic mass is 35.5. The maximum atomic E-state index is 12.7. The van der Waals surface area contributed by atoms with Crippen LogP contribution >= 0.6 is 11.6 Å². The van der Waals surface area contributed by atoms with E-state index in [0.29, 0.717) is 12.3 Å². The normalized spacial score (nSPS) is 15.4. The van der Waals surface area contributed by atoms with E-state index < -0.39 is 0 Å². The highest BCUT2D eigenvalue weighted by Crippen LogP contribution is 2.30. The molecule has 1 aromatic heterocycles. The fraction of sp³-hybridized carbons (Fsp3) is 0.304. The summed E-state index contributed by atoms with van der Waals surface area (Å²) in [7, 11) is 0. The second-order valence-corrected chi connectivity index (χ2v) is 7.84. The van der Waals surface area contributed by atoms with E-state index in [1.54, 1.807) is 6.07 Å². The summed E-state index contributed by atoms with van der Waals surface area (Å²) in [6.07, 6.45) is 2.33. The fourth-order valence-electron chi connectivity index (χ4n) is 3.75. The minimum absolute atomic E-state index is 0.0404. The molecule has 4 rings (SSSR count). The molecule has 2 aromatic carbocycles. The summed E-state index contributed by atoms with van der Waals surface area (Å²) in [6.45, 7) is 4.51. The Kier molecular flexibility index (Phi) is 5.97. The van der Waals surface area contributed by atoms with Gasteiger partial charge in [0.25, 0.3) is 5.91 Å². The zero-order valence-electron chi connectivity index (χ0n) is 16.4. The molecule has 0 unspecified atom stereocenters. The second-order valence-electron chi connectivity index (χ2n) is 7.43. The number of nitrogens with zero attached hydrogens (tertiary/aromatic N) is 2. The molecule has 1 fully saturated rings. The molecule has 1 saturated heterocycles. The lowest BCUT2D eigenvalue weighted by atomic mass is 10.1. The molecule has 29 heavy (non-hydrogen) atoms. The Balaban J connectivity index is 1.47. The Morgan fingerprint density at radius 2 is 1.90 bits per heavy atom. The van der Waals surface area contributed by atoms with Gasteiger partial charge in [-0.15, -0.1) is 0 Å². The van der Waals surface area contributed by atoms with Crippen LogP contribution < -0.4 is 5.32 Å². The lowest BCUT2D eigenvalue weighted by molar-refractivity contribution is 0.0929. The van der Waals surface area contributed by atoms with Crippen LogP contribution in [0.4, 0.5) is 0 Å². The molecule has 1 aliphatic heterocycles. The second kappa shape index (κ2) is 8.80. The van der Waals surface area contributed by atoms with Crippen LogP contribution in [0, 0.1) is 6.92 Å². The summed E-state index contributed by atoms with van der Waals surface area (Å²) in [6, 6.07) is 17.5. The van der Waals surface area contributed by atoms with E-state index in [9.17, 15) is 4.79 Å². The van der Waals surface area contributed by atoms with Gasteiger partial charge in [-0.25, -0.2) is 0 Å². The van der Waals surface area contributed by atoms with Gasteiger partial charge in [0.2, 0.25) is 0 Å². The summed E-state index contributed by atoms with van der Waals surface area (Å²) in [5.74, 6) is 0.334. The third kappa shape index (κ3) is 4.52. The summed E-state index contributed by atoms with van der Waals surface area (Å²) >= 11 is 6.45. The van der Waals surface area contributed by atoms with E-state index in [4.69, 9.17) is 16.1 Å².